The molecule has 2 aromatic heterocycles. The molecule has 0 aliphatic rings. The molecule has 2 rings (SSSR count). The van der Waals surface area contributed by atoms with E-state index in [1.165, 1.54) is 6.20 Å². The van der Waals surface area contributed by atoms with E-state index in [9.17, 15) is 4.79 Å². The van der Waals surface area contributed by atoms with Crippen LogP contribution in [0.2, 0.25) is 0 Å². The summed E-state index contributed by atoms with van der Waals surface area (Å²) < 4.78 is 6.49. The first kappa shape index (κ1) is 12.0. The summed E-state index contributed by atoms with van der Waals surface area (Å²) in [5.41, 5.74) is 0.366. The Morgan fingerprint density at radius 2 is 2.28 bits per heavy atom. The number of rotatable bonds is 4. The largest absolute Gasteiger partial charge is 0.462 e. The number of anilines is 2. The van der Waals surface area contributed by atoms with Gasteiger partial charge in [0.15, 0.2) is 0 Å². The van der Waals surface area contributed by atoms with Gasteiger partial charge in [-0.3, -0.25) is 9.67 Å². The third-order valence-electron chi connectivity index (χ3n) is 2.24. The molecule has 0 saturated heterocycles. The van der Waals surface area contributed by atoms with E-state index in [2.05, 4.69) is 20.4 Å². The molecule has 7 nitrogen and oxygen atoms in total. The number of nitrogens with zero attached hydrogens (tertiary/aromatic N) is 4. The van der Waals surface area contributed by atoms with Gasteiger partial charge in [0.05, 0.1) is 19.0 Å². The van der Waals surface area contributed by atoms with Crippen molar-refractivity contribution in [2.75, 3.05) is 11.9 Å². The summed E-state index contributed by atoms with van der Waals surface area (Å²) in [5.74, 6) is 0.637. The third-order valence-corrected chi connectivity index (χ3v) is 2.24. The van der Waals surface area contributed by atoms with Crippen LogP contribution in [-0.4, -0.2) is 32.3 Å². The smallest absolute Gasteiger partial charge is 0.343 e. The maximum absolute atomic E-state index is 11.7. The van der Waals surface area contributed by atoms with E-state index in [0.717, 1.165) is 0 Å². The first-order valence-electron chi connectivity index (χ1n) is 5.44. The molecular weight excluding hydrogens is 234 g/mol. The molecule has 0 saturated carbocycles. The highest BCUT2D eigenvalue weighted by Crippen LogP contribution is 2.18. The van der Waals surface area contributed by atoms with E-state index >= 15 is 0 Å². The molecule has 0 aliphatic carbocycles. The Morgan fingerprint density at radius 3 is 2.94 bits per heavy atom. The Bertz CT molecular complexity index is 538. The maximum atomic E-state index is 11.7. The highest BCUT2D eigenvalue weighted by atomic mass is 16.5. The molecule has 18 heavy (non-hydrogen) atoms. The monoisotopic (exact) mass is 247 g/mol. The van der Waals surface area contributed by atoms with Crippen molar-refractivity contribution in [1.82, 2.24) is 19.7 Å². The number of ether oxygens (including phenoxy) is 1. The van der Waals surface area contributed by atoms with Gasteiger partial charge < -0.3 is 10.1 Å². The van der Waals surface area contributed by atoms with Crippen molar-refractivity contribution >= 4 is 17.6 Å². The Labute approximate surface area is 104 Å². The van der Waals surface area contributed by atoms with E-state index in [-0.39, 0.29) is 0 Å². The van der Waals surface area contributed by atoms with Crippen LogP contribution in [0.1, 0.15) is 17.3 Å². The summed E-state index contributed by atoms with van der Waals surface area (Å²) in [7, 11) is 1.72. The van der Waals surface area contributed by atoms with Crippen LogP contribution in [0, 0.1) is 0 Å². The summed E-state index contributed by atoms with van der Waals surface area (Å²) in [6.07, 6.45) is 6.14. The van der Waals surface area contributed by atoms with E-state index in [4.69, 9.17) is 4.74 Å². The number of carbonyl (C=O) groups excluding carboxylic acids is 1. The van der Waals surface area contributed by atoms with Crippen molar-refractivity contribution in [1.29, 1.82) is 0 Å². The number of carbonyl (C=O) groups is 1. The zero-order valence-corrected chi connectivity index (χ0v) is 10.1. The summed E-state index contributed by atoms with van der Waals surface area (Å²) in [5, 5.41) is 7.01. The van der Waals surface area contributed by atoms with Gasteiger partial charge in [-0.1, -0.05) is 0 Å². The Hall–Kier alpha value is -2.44. The van der Waals surface area contributed by atoms with Gasteiger partial charge in [-0.05, 0) is 6.92 Å². The molecule has 0 bridgehead atoms. The third kappa shape index (κ3) is 2.45. The lowest BCUT2D eigenvalue weighted by molar-refractivity contribution is 0.0527. The number of hydrogen-bond acceptors (Lipinski definition) is 6. The Morgan fingerprint density at radius 1 is 1.44 bits per heavy atom. The second-order valence-corrected chi connectivity index (χ2v) is 3.47. The summed E-state index contributed by atoms with van der Waals surface area (Å²) in [4.78, 5) is 19.7. The number of aromatic nitrogens is 4. The quantitative estimate of drug-likeness (QED) is 0.815. The van der Waals surface area contributed by atoms with Crippen LogP contribution in [0.15, 0.2) is 24.8 Å². The van der Waals surface area contributed by atoms with Crippen LogP contribution >= 0.6 is 0 Å². The minimum atomic E-state index is -0.419. The van der Waals surface area contributed by atoms with E-state index in [1.54, 1.807) is 37.2 Å². The summed E-state index contributed by atoms with van der Waals surface area (Å²) in [6.45, 7) is 2.07. The average Bonchev–Trinajstić information content (AvgIpc) is 2.73. The Balaban J connectivity index is 2.27. The maximum Gasteiger partial charge on any atom is 0.343 e. The van der Waals surface area contributed by atoms with Crippen molar-refractivity contribution in [3.05, 3.63) is 30.4 Å². The van der Waals surface area contributed by atoms with Gasteiger partial charge in [-0.2, -0.15) is 5.10 Å². The van der Waals surface area contributed by atoms with Gasteiger partial charge in [0, 0.05) is 19.4 Å². The fourth-order valence-corrected chi connectivity index (χ4v) is 1.43. The topological polar surface area (TPSA) is 81.9 Å². The lowest BCUT2D eigenvalue weighted by atomic mass is 10.3. The van der Waals surface area contributed by atoms with Crippen molar-refractivity contribution in [2.45, 2.75) is 6.92 Å². The Kier molecular flexibility index (Phi) is 3.52. The molecule has 0 unspecified atom stereocenters. The average molecular weight is 247 g/mol. The normalized spacial score (nSPS) is 10.1. The van der Waals surface area contributed by atoms with Crippen LogP contribution in [0.4, 0.5) is 11.6 Å². The molecule has 0 aromatic carbocycles. The fraction of sp³-hybridized carbons (Fsp3) is 0.273. The van der Waals surface area contributed by atoms with Crippen molar-refractivity contribution in [3.8, 4) is 0 Å². The highest BCUT2D eigenvalue weighted by Gasteiger charge is 2.17. The lowest BCUT2D eigenvalue weighted by Crippen LogP contribution is -2.09. The molecule has 2 heterocycles. The molecule has 0 aliphatic heterocycles. The van der Waals surface area contributed by atoms with Gasteiger partial charge in [-0.15, -0.1) is 0 Å². The second-order valence-electron chi connectivity index (χ2n) is 3.47. The van der Waals surface area contributed by atoms with Gasteiger partial charge in [0.1, 0.15) is 17.2 Å². The first-order chi connectivity index (χ1) is 8.72. The van der Waals surface area contributed by atoms with Crippen LogP contribution in [-0.2, 0) is 11.8 Å². The molecule has 1 N–H and O–H groups in total. The molecule has 94 valence electrons. The van der Waals surface area contributed by atoms with Crippen LogP contribution in [0.5, 0.6) is 0 Å². The molecule has 0 spiro atoms. The zero-order valence-electron chi connectivity index (χ0n) is 10.1. The van der Waals surface area contributed by atoms with Gasteiger partial charge >= 0.3 is 5.97 Å². The molecule has 7 heteroatoms. The van der Waals surface area contributed by atoms with Crippen LogP contribution < -0.4 is 5.32 Å². The van der Waals surface area contributed by atoms with Crippen molar-refractivity contribution in [3.63, 3.8) is 0 Å². The molecule has 0 fully saturated rings. The van der Waals surface area contributed by atoms with E-state index in [1.807, 2.05) is 0 Å². The number of hydrogen-bond donors (Lipinski definition) is 1. The molecule has 0 atom stereocenters. The SMILES string of the molecule is CCOC(=O)c1cnn(C)c1Nc1cnccn1. The number of aryl methyl sites for hydroxylation is 1. The van der Waals surface area contributed by atoms with Gasteiger partial charge in [0.25, 0.3) is 0 Å². The van der Waals surface area contributed by atoms with Crippen LogP contribution in [0.3, 0.4) is 0 Å². The first-order valence-corrected chi connectivity index (χ1v) is 5.44. The van der Waals surface area contributed by atoms with E-state index < -0.39 is 5.97 Å². The second kappa shape index (κ2) is 5.26. The minimum Gasteiger partial charge on any atom is -0.462 e. The zero-order chi connectivity index (χ0) is 13.0. The molecular formula is C11H13N5O2. The van der Waals surface area contributed by atoms with E-state index in [0.29, 0.717) is 23.8 Å². The predicted octanol–water partition coefficient (Wildman–Crippen LogP) is 1.13. The lowest BCUT2D eigenvalue weighted by Gasteiger charge is -2.07. The van der Waals surface area contributed by atoms with Crippen molar-refractivity contribution in [2.24, 2.45) is 7.05 Å². The van der Waals surface area contributed by atoms with Crippen molar-refractivity contribution < 1.29 is 9.53 Å². The molecule has 2 aromatic rings. The summed E-state index contributed by atoms with van der Waals surface area (Å²) >= 11 is 0. The number of nitrogens with one attached hydrogen (secondary N) is 1. The standard InChI is InChI=1S/C11H13N5O2/c1-3-18-11(17)8-6-14-16(2)10(8)15-9-7-12-4-5-13-9/h4-7H,3H2,1-2H3,(H,13,15). The number of esters is 1. The highest BCUT2D eigenvalue weighted by molar-refractivity contribution is 5.95. The molecule has 0 radical (unpaired) electrons. The minimum absolute atomic E-state index is 0.318. The van der Waals surface area contributed by atoms with Gasteiger partial charge in [0.2, 0.25) is 0 Å². The predicted molar refractivity (Wildman–Crippen MR) is 64.5 cm³/mol. The summed E-state index contributed by atoms with van der Waals surface area (Å²) in [6, 6.07) is 0. The van der Waals surface area contributed by atoms with Gasteiger partial charge in [-0.25, -0.2) is 9.78 Å². The molecule has 0 amide bonds. The fourth-order valence-electron chi connectivity index (χ4n) is 1.43. The van der Waals surface area contributed by atoms with Crippen LogP contribution in [0.25, 0.3) is 0 Å².